The summed E-state index contributed by atoms with van der Waals surface area (Å²) in [4.78, 5) is 4.61. The second-order valence-electron chi connectivity index (χ2n) is 16.2. The normalized spacial score (nSPS) is 19.3. The Morgan fingerprint density at radius 3 is 1.97 bits per heavy atom. The highest BCUT2D eigenvalue weighted by molar-refractivity contribution is 5.74. The summed E-state index contributed by atoms with van der Waals surface area (Å²) in [6.45, 7) is 10.6. The summed E-state index contributed by atoms with van der Waals surface area (Å²) in [5.74, 6) is 1.11. The molecular weight excluding hydrogens is 749 g/mol. The van der Waals surface area contributed by atoms with E-state index in [4.69, 9.17) is 0 Å². The van der Waals surface area contributed by atoms with Gasteiger partial charge in [-0.1, -0.05) is 164 Å². The van der Waals surface area contributed by atoms with Gasteiger partial charge in [0.05, 0.1) is 0 Å². The number of hydrogen-bond acceptors (Lipinski definition) is 2. The van der Waals surface area contributed by atoms with Gasteiger partial charge in [0.15, 0.2) is 0 Å². The van der Waals surface area contributed by atoms with Crippen molar-refractivity contribution in [3.8, 4) is 11.1 Å². The van der Waals surface area contributed by atoms with E-state index in [0.29, 0.717) is 17.8 Å². The summed E-state index contributed by atoms with van der Waals surface area (Å²) >= 11 is 0. The third-order valence-electron chi connectivity index (χ3n) is 11.9. The molecular formula is C60H62N2. The minimum absolute atomic E-state index is 0.294. The molecule has 4 aliphatic rings. The number of allylic oxidation sites excluding steroid dienone is 25. The fourth-order valence-electron chi connectivity index (χ4n) is 8.39. The first-order chi connectivity index (χ1) is 30.6. The van der Waals surface area contributed by atoms with Gasteiger partial charge in [0, 0.05) is 46.5 Å². The lowest BCUT2D eigenvalue weighted by molar-refractivity contribution is 0.779. The largest absolute Gasteiger partial charge is 0.318 e. The number of nitrogens with zero attached hydrogens (tertiary/aromatic N) is 2. The van der Waals surface area contributed by atoms with Crippen LogP contribution in [0.2, 0.25) is 0 Å². The van der Waals surface area contributed by atoms with Crippen LogP contribution in [-0.4, -0.2) is 0 Å². The molecule has 62 heavy (non-hydrogen) atoms. The third kappa shape index (κ3) is 11.8. The van der Waals surface area contributed by atoms with Gasteiger partial charge in [0.1, 0.15) is 0 Å². The second kappa shape index (κ2) is 22.8. The maximum absolute atomic E-state index is 4.27. The van der Waals surface area contributed by atoms with E-state index < -0.39 is 0 Å². The van der Waals surface area contributed by atoms with Crippen molar-refractivity contribution in [3.05, 3.63) is 260 Å². The van der Waals surface area contributed by atoms with E-state index in [2.05, 4.69) is 243 Å². The zero-order chi connectivity index (χ0) is 42.8. The second-order valence-corrected chi connectivity index (χ2v) is 16.2. The lowest BCUT2D eigenvalue weighted by Gasteiger charge is -2.27. The summed E-state index contributed by atoms with van der Waals surface area (Å²) in [6, 6.07) is 26.9. The van der Waals surface area contributed by atoms with Crippen LogP contribution in [0.15, 0.2) is 254 Å². The van der Waals surface area contributed by atoms with Crippen LogP contribution >= 0.6 is 0 Å². The molecule has 7 rings (SSSR count). The molecule has 0 N–H and O–H groups in total. The summed E-state index contributed by atoms with van der Waals surface area (Å²) in [7, 11) is 0. The van der Waals surface area contributed by atoms with Crippen LogP contribution in [0.4, 0.5) is 17.1 Å². The zero-order valence-corrected chi connectivity index (χ0v) is 36.5. The number of hydrogen-bond donors (Lipinski definition) is 0. The van der Waals surface area contributed by atoms with Gasteiger partial charge in [-0.3, -0.25) is 0 Å². The number of rotatable bonds is 18. The maximum Gasteiger partial charge on any atom is 0.0461 e. The van der Waals surface area contributed by atoms with E-state index in [1.165, 1.54) is 27.8 Å². The van der Waals surface area contributed by atoms with Gasteiger partial charge in [-0.2, -0.15) is 0 Å². The number of anilines is 3. The third-order valence-corrected chi connectivity index (χ3v) is 11.9. The molecule has 0 heterocycles. The molecule has 312 valence electrons. The van der Waals surface area contributed by atoms with E-state index >= 15 is 0 Å². The fourth-order valence-corrected chi connectivity index (χ4v) is 8.39. The van der Waals surface area contributed by atoms with Gasteiger partial charge in [-0.15, -0.1) is 6.58 Å². The molecule has 0 bridgehead atoms. The molecule has 2 heteroatoms. The minimum Gasteiger partial charge on any atom is -0.318 e. The predicted octanol–water partition coefficient (Wildman–Crippen LogP) is 16.8. The molecule has 3 atom stereocenters. The topological polar surface area (TPSA) is 6.48 Å². The summed E-state index contributed by atoms with van der Waals surface area (Å²) in [6.07, 6.45) is 61.6. The molecule has 0 spiro atoms. The Kier molecular flexibility index (Phi) is 16.0. The van der Waals surface area contributed by atoms with Crippen molar-refractivity contribution in [3.63, 3.8) is 0 Å². The Bertz CT molecular complexity index is 2390. The van der Waals surface area contributed by atoms with Gasteiger partial charge in [0.2, 0.25) is 0 Å². The van der Waals surface area contributed by atoms with Crippen molar-refractivity contribution in [2.24, 2.45) is 11.8 Å². The molecule has 0 aliphatic heterocycles. The number of benzene rings is 3. The average molecular weight is 811 g/mol. The molecule has 2 nitrogen and oxygen atoms in total. The van der Waals surface area contributed by atoms with E-state index in [1.54, 1.807) is 0 Å². The Morgan fingerprint density at radius 2 is 1.37 bits per heavy atom. The molecule has 0 aromatic heterocycles. The van der Waals surface area contributed by atoms with Crippen LogP contribution in [0.25, 0.3) is 11.1 Å². The Morgan fingerprint density at radius 1 is 0.694 bits per heavy atom. The molecule has 0 saturated heterocycles. The van der Waals surface area contributed by atoms with Crippen LogP contribution in [0, 0.1) is 11.8 Å². The first-order valence-electron chi connectivity index (χ1n) is 22.5. The van der Waals surface area contributed by atoms with Crippen LogP contribution in [-0.2, 0) is 0 Å². The Balaban J connectivity index is 1.14. The fraction of sp³-hybridized carbons (Fsp3) is 0.200. The van der Waals surface area contributed by atoms with Crippen molar-refractivity contribution in [2.75, 3.05) is 9.80 Å². The van der Waals surface area contributed by atoms with E-state index in [9.17, 15) is 0 Å². The molecule has 0 saturated carbocycles. The first kappa shape index (κ1) is 43.4. The highest BCUT2D eigenvalue weighted by atomic mass is 15.1. The smallest absolute Gasteiger partial charge is 0.0461 e. The molecule has 3 aromatic carbocycles. The van der Waals surface area contributed by atoms with Gasteiger partial charge in [-0.05, 0) is 147 Å². The minimum atomic E-state index is 0.294. The van der Waals surface area contributed by atoms with E-state index in [0.717, 1.165) is 79.8 Å². The lowest BCUT2D eigenvalue weighted by Crippen LogP contribution is -2.19. The van der Waals surface area contributed by atoms with Gasteiger partial charge in [0.25, 0.3) is 0 Å². The highest BCUT2D eigenvalue weighted by Crippen LogP contribution is 2.34. The molecule has 4 aliphatic carbocycles. The van der Waals surface area contributed by atoms with Crippen molar-refractivity contribution in [1.29, 1.82) is 0 Å². The van der Waals surface area contributed by atoms with Crippen LogP contribution in [0.3, 0.4) is 0 Å². The average Bonchev–Trinajstić information content (AvgIpc) is 3.34. The highest BCUT2D eigenvalue weighted by Gasteiger charge is 2.16. The van der Waals surface area contributed by atoms with Gasteiger partial charge >= 0.3 is 0 Å². The quantitative estimate of drug-likeness (QED) is 0.0933. The zero-order valence-electron chi connectivity index (χ0n) is 36.5. The van der Waals surface area contributed by atoms with Gasteiger partial charge in [-0.25, -0.2) is 0 Å². The van der Waals surface area contributed by atoms with Crippen LogP contribution in [0.5, 0.6) is 0 Å². The van der Waals surface area contributed by atoms with Crippen molar-refractivity contribution >= 4 is 17.1 Å². The lowest BCUT2D eigenvalue weighted by atomic mass is 9.91. The molecule has 3 aromatic rings. The monoisotopic (exact) mass is 810 g/mol. The van der Waals surface area contributed by atoms with Gasteiger partial charge < -0.3 is 9.80 Å². The Labute approximate surface area is 372 Å². The van der Waals surface area contributed by atoms with Crippen LogP contribution < -0.4 is 9.80 Å². The van der Waals surface area contributed by atoms with E-state index in [-0.39, 0.29) is 0 Å². The van der Waals surface area contributed by atoms with Crippen LogP contribution in [0.1, 0.15) is 69.8 Å². The Hall–Kier alpha value is -6.64. The first-order valence-corrected chi connectivity index (χ1v) is 22.5. The van der Waals surface area contributed by atoms with E-state index in [1.807, 2.05) is 6.08 Å². The molecule has 0 amide bonds. The predicted molar refractivity (Wildman–Crippen MR) is 270 cm³/mol. The molecule has 3 unspecified atom stereocenters. The van der Waals surface area contributed by atoms with Crippen molar-refractivity contribution in [1.82, 2.24) is 0 Å². The molecule has 0 fully saturated rings. The summed E-state index contributed by atoms with van der Waals surface area (Å²) < 4.78 is 0. The molecule has 0 radical (unpaired) electrons. The maximum atomic E-state index is 4.27. The van der Waals surface area contributed by atoms with Crippen molar-refractivity contribution in [2.45, 2.75) is 64.2 Å². The standard InChI is InChI=1S/C60H62N2/c1-4-50(51-28-15-9-16-29-51)32-21-47-61(58-41-35-53(36-42-58)52-30-17-10-18-31-52)59-43-37-54(38-44-59)55-39-45-60(46-40-55)62(56(5-2)33-19-26-48-22-11-7-12-23-48)57(6-3)34-20-27-49-24-13-8-14-25-49/h4-7,10-13,15,17-22,24-26,28-30,33-48,50,52H,1-2,8-9,14,16,23,27,31-32H2,3H3. The summed E-state index contributed by atoms with van der Waals surface area (Å²) in [5, 5.41) is 0. The van der Waals surface area contributed by atoms with Crippen molar-refractivity contribution < 1.29 is 0 Å². The summed E-state index contributed by atoms with van der Waals surface area (Å²) in [5.41, 5.74) is 11.9. The SMILES string of the molecule is C=CC(=CC=CC1C=CC=CC1)N(C(C=CCC1=CCCC=C1)=CC)c1ccc(-c2ccc(N(C=CCC(C=C)C3=CCCC=C3)c3ccc(C4C=CC=CC4)cc3)cc2)cc1.